The fourth-order valence-corrected chi connectivity index (χ4v) is 3.93. The van der Waals surface area contributed by atoms with E-state index in [4.69, 9.17) is 4.74 Å². The second kappa shape index (κ2) is 9.70. The first-order chi connectivity index (χ1) is 13.2. The molecule has 1 aliphatic heterocycles. The maximum atomic E-state index is 12.5. The average Bonchev–Trinajstić information content (AvgIpc) is 3.23. The zero-order valence-corrected chi connectivity index (χ0v) is 16.2. The van der Waals surface area contributed by atoms with Gasteiger partial charge in [-0.25, -0.2) is 0 Å². The monoisotopic (exact) mass is 370 g/mol. The lowest BCUT2D eigenvalue weighted by Gasteiger charge is -2.33. The third kappa shape index (κ3) is 5.42. The normalized spacial score (nSPS) is 18.0. The lowest BCUT2D eigenvalue weighted by molar-refractivity contribution is -0.136. The molecule has 1 heterocycles. The SMILES string of the molecule is COCCNC(=O)c1ccc(CC2CCN(C(=O)C3CC=CC3)CC2)cc1. The third-order valence-electron chi connectivity index (χ3n) is 5.62. The fourth-order valence-electron chi connectivity index (χ4n) is 3.93. The Balaban J connectivity index is 1.43. The molecule has 1 N–H and O–H groups in total. The Morgan fingerprint density at radius 2 is 1.78 bits per heavy atom. The van der Waals surface area contributed by atoms with E-state index >= 15 is 0 Å². The maximum Gasteiger partial charge on any atom is 0.251 e. The van der Waals surface area contributed by atoms with Gasteiger partial charge in [0.25, 0.3) is 5.91 Å². The molecule has 0 saturated carbocycles. The summed E-state index contributed by atoms with van der Waals surface area (Å²) in [5.74, 6) is 1.07. The molecule has 146 valence electrons. The van der Waals surface area contributed by atoms with Gasteiger partial charge in [-0.05, 0) is 55.7 Å². The Bertz CT molecular complexity index is 653. The smallest absolute Gasteiger partial charge is 0.251 e. The summed E-state index contributed by atoms with van der Waals surface area (Å²) in [7, 11) is 1.62. The summed E-state index contributed by atoms with van der Waals surface area (Å²) in [6, 6.07) is 7.88. The van der Waals surface area contributed by atoms with Crippen molar-refractivity contribution >= 4 is 11.8 Å². The van der Waals surface area contributed by atoms with Gasteiger partial charge in [-0.2, -0.15) is 0 Å². The predicted octanol–water partition coefficient (Wildman–Crippen LogP) is 2.81. The molecule has 3 rings (SSSR count). The molecular formula is C22H30N2O3. The summed E-state index contributed by atoms with van der Waals surface area (Å²) in [6.45, 7) is 2.79. The molecular weight excluding hydrogens is 340 g/mol. The third-order valence-corrected chi connectivity index (χ3v) is 5.62. The summed E-state index contributed by atoms with van der Waals surface area (Å²) in [5.41, 5.74) is 1.94. The molecule has 0 spiro atoms. The van der Waals surface area contributed by atoms with Crippen LogP contribution in [-0.2, 0) is 16.0 Å². The summed E-state index contributed by atoms with van der Waals surface area (Å²) >= 11 is 0. The molecule has 1 aliphatic carbocycles. The number of amides is 2. The zero-order chi connectivity index (χ0) is 19.1. The van der Waals surface area contributed by atoms with Gasteiger partial charge in [0.15, 0.2) is 0 Å². The van der Waals surface area contributed by atoms with E-state index in [0.717, 1.165) is 45.2 Å². The number of carbonyl (C=O) groups is 2. The Kier molecular flexibility index (Phi) is 7.04. The van der Waals surface area contributed by atoms with Gasteiger partial charge >= 0.3 is 0 Å². The van der Waals surface area contributed by atoms with Gasteiger partial charge in [0, 0.05) is 38.2 Å². The first kappa shape index (κ1) is 19.6. The van der Waals surface area contributed by atoms with Crippen molar-refractivity contribution in [2.24, 2.45) is 11.8 Å². The summed E-state index contributed by atoms with van der Waals surface area (Å²) in [5, 5.41) is 2.83. The Hall–Kier alpha value is -2.14. The van der Waals surface area contributed by atoms with E-state index in [2.05, 4.69) is 22.4 Å². The van der Waals surface area contributed by atoms with Gasteiger partial charge in [-0.1, -0.05) is 24.3 Å². The zero-order valence-electron chi connectivity index (χ0n) is 16.2. The van der Waals surface area contributed by atoms with E-state index in [1.165, 1.54) is 5.56 Å². The van der Waals surface area contributed by atoms with Crippen LogP contribution in [0.1, 0.15) is 41.6 Å². The molecule has 5 heteroatoms. The average molecular weight is 370 g/mol. The summed E-state index contributed by atoms with van der Waals surface area (Å²) < 4.78 is 4.94. The number of benzene rings is 1. The van der Waals surface area contributed by atoms with E-state index < -0.39 is 0 Å². The van der Waals surface area contributed by atoms with E-state index in [9.17, 15) is 9.59 Å². The molecule has 0 atom stereocenters. The highest BCUT2D eigenvalue weighted by molar-refractivity contribution is 5.94. The number of hydrogen-bond donors (Lipinski definition) is 1. The first-order valence-corrected chi connectivity index (χ1v) is 9.97. The first-order valence-electron chi connectivity index (χ1n) is 9.97. The van der Waals surface area contributed by atoms with Crippen LogP contribution in [0.25, 0.3) is 0 Å². The number of rotatable bonds is 7. The highest BCUT2D eigenvalue weighted by Gasteiger charge is 2.28. The van der Waals surface area contributed by atoms with Crippen molar-refractivity contribution in [1.82, 2.24) is 10.2 Å². The van der Waals surface area contributed by atoms with E-state index in [0.29, 0.717) is 30.5 Å². The van der Waals surface area contributed by atoms with Crippen molar-refractivity contribution in [2.75, 3.05) is 33.4 Å². The predicted molar refractivity (Wildman–Crippen MR) is 106 cm³/mol. The Morgan fingerprint density at radius 1 is 1.11 bits per heavy atom. The van der Waals surface area contributed by atoms with Crippen LogP contribution in [0.15, 0.2) is 36.4 Å². The number of nitrogens with zero attached hydrogens (tertiary/aromatic N) is 1. The number of methoxy groups -OCH3 is 1. The number of nitrogens with one attached hydrogen (secondary N) is 1. The molecule has 0 unspecified atom stereocenters. The minimum atomic E-state index is -0.0631. The van der Waals surface area contributed by atoms with E-state index in [1.807, 2.05) is 24.3 Å². The van der Waals surface area contributed by atoms with Gasteiger partial charge in [0.1, 0.15) is 0 Å². The molecule has 2 amide bonds. The van der Waals surface area contributed by atoms with E-state index in [1.54, 1.807) is 7.11 Å². The molecule has 27 heavy (non-hydrogen) atoms. The van der Waals surface area contributed by atoms with Gasteiger partial charge in [0.05, 0.1) is 6.61 Å². The molecule has 0 aromatic heterocycles. The minimum Gasteiger partial charge on any atom is -0.383 e. The van der Waals surface area contributed by atoms with Crippen LogP contribution in [0.2, 0.25) is 0 Å². The maximum absolute atomic E-state index is 12.5. The number of likely N-dealkylation sites (tertiary alicyclic amines) is 1. The molecule has 1 fully saturated rings. The second-order valence-electron chi connectivity index (χ2n) is 7.56. The topological polar surface area (TPSA) is 58.6 Å². The fraction of sp³-hybridized carbons (Fsp3) is 0.545. The van der Waals surface area contributed by atoms with Crippen molar-refractivity contribution in [3.05, 3.63) is 47.5 Å². The molecule has 0 radical (unpaired) electrons. The number of ether oxygens (including phenoxy) is 1. The largest absolute Gasteiger partial charge is 0.383 e. The minimum absolute atomic E-state index is 0.0631. The number of hydrogen-bond acceptors (Lipinski definition) is 3. The molecule has 2 aliphatic rings. The van der Waals surface area contributed by atoms with Crippen molar-refractivity contribution < 1.29 is 14.3 Å². The number of allylic oxidation sites excluding steroid dienone is 2. The lowest BCUT2D eigenvalue weighted by atomic mass is 9.89. The van der Waals surface area contributed by atoms with Crippen LogP contribution < -0.4 is 5.32 Å². The van der Waals surface area contributed by atoms with Crippen LogP contribution in [0.4, 0.5) is 0 Å². The molecule has 1 aromatic carbocycles. The lowest BCUT2D eigenvalue weighted by Crippen LogP contribution is -2.41. The number of piperidine rings is 1. The summed E-state index contributed by atoms with van der Waals surface area (Å²) in [4.78, 5) is 26.6. The van der Waals surface area contributed by atoms with Gasteiger partial charge in [0.2, 0.25) is 5.91 Å². The molecule has 1 aromatic rings. The van der Waals surface area contributed by atoms with Crippen molar-refractivity contribution in [1.29, 1.82) is 0 Å². The molecule has 0 bridgehead atoms. The Labute approximate surface area is 161 Å². The molecule has 5 nitrogen and oxygen atoms in total. The van der Waals surface area contributed by atoms with Gasteiger partial charge in [-0.15, -0.1) is 0 Å². The van der Waals surface area contributed by atoms with Crippen molar-refractivity contribution in [2.45, 2.75) is 32.1 Å². The van der Waals surface area contributed by atoms with Crippen molar-refractivity contribution in [3.8, 4) is 0 Å². The van der Waals surface area contributed by atoms with Gasteiger partial charge in [-0.3, -0.25) is 9.59 Å². The van der Waals surface area contributed by atoms with Crippen LogP contribution in [0.3, 0.4) is 0 Å². The highest BCUT2D eigenvalue weighted by Crippen LogP contribution is 2.26. The second-order valence-corrected chi connectivity index (χ2v) is 7.56. The van der Waals surface area contributed by atoms with Crippen LogP contribution in [0.5, 0.6) is 0 Å². The summed E-state index contributed by atoms with van der Waals surface area (Å²) in [6.07, 6.45) is 9.19. The van der Waals surface area contributed by atoms with E-state index in [-0.39, 0.29) is 11.8 Å². The van der Waals surface area contributed by atoms with Crippen LogP contribution in [-0.4, -0.2) is 50.1 Å². The quantitative estimate of drug-likeness (QED) is 0.593. The van der Waals surface area contributed by atoms with Gasteiger partial charge < -0.3 is 15.0 Å². The number of carbonyl (C=O) groups excluding carboxylic acids is 2. The van der Waals surface area contributed by atoms with Crippen LogP contribution in [0, 0.1) is 11.8 Å². The highest BCUT2D eigenvalue weighted by atomic mass is 16.5. The Morgan fingerprint density at radius 3 is 2.41 bits per heavy atom. The van der Waals surface area contributed by atoms with Crippen molar-refractivity contribution in [3.63, 3.8) is 0 Å². The standard InChI is InChI=1S/C22H30N2O3/c1-27-15-12-23-21(25)19-8-6-17(7-9-19)16-18-10-13-24(14-11-18)22(26)20-4-2-3-5-20/h2-3,6-9,18,20H,4-5,10-16H2,1H3,(H,23,25). The van der Waals surface area contributed by atoms with Crippen LogP contribution >= 0.6 is 0 Å². The molecule has 1 saturated heterocycles.